The normalized spacial score (nSPS) is 19.9. The highest BCUT2D eigenvalue weighted by atomic mass is 35.5. The smallest absolute Gasteiger partial charge is 0.251 e. The van der Waals surface area contributed by atoms with Gasteiger partial charge < -0.3 is 15.1 Å². The van der Waals surface area contributed by atoms with Gasteiger partial charge in [-0.15, -0.1) is 0 Å². The van der Waals surface area contributed by atoms with Crippen LogP contribution in [-0.2, 0) is 0 Å². The fourth-order valence-electron chi connectivity index (χ4n) is 5.46. The van der Waals surface area contributed by atoms with Gasteiger partial charge in [-0.2, -0.15) is 0 Å². The highest BCUT2D eigenvalue weighted by Gasteiger charge is 2.28. The number of nitrogens with one attached hydrogen (secondary N) is 1. The van der Waals surface area contributed by atoms with Crippen LogP contribution in [0.15, 0.2) is 53.0 Å². The van der Waals surface area contributed by atoms with E-state index in [1.165, 1.54) is 12.8 Å². The van der Waals surface area contributed by atoms with E-state index in [-0.39, 0.29) is 5.91 Å². The number of nitrogens with zero attached hydrogens (tertiary/aromatic N) is 3. The van der Waals surface area contributed by atoms with Gasteiger partial charge in [-0.05, 0) is 76.9 Å². The number of hydrogen-bond acceptors (Lipinski definition) is 4. The van der Waals surface area contributed by atoms with Crippen molar-refractivity contribution in [1.29, 1.82) is 0 Å². The Hall–Kier alpha value is -2.63. The minimum absolute atomic E-state index is 0.0922. The van der Waals surface area contributed by atoms with Crippen LogP contribution in [0.3, 0.4) is 0 Å². The van der Waals surface area contributed by atoms with E-state index in [0.717, 1.165) is 53.9 Å². The van der Waals surface area contributed by atoms with Crippen molar-refractivity contribution >= 4 is 35.1 Å². The van der Waals surface area contributed by atoms with Gasteiger partial charge >= 0.3 is 0 Å². The van der Waals surface area contributed by atoms with E-state index >= 15 is 0 Å². The van der Waals surface area contributed by atoms with E-state index < -0.39 is 0 Å². The Labute approximate surface area is 214 Å². The first-order chi connectivity index (χ1) is 16.9. The van der Waals surface area contributed by atoms with Gasteiger partial charge in [0.15, 0.2) is 0 Å². The zero-order chi connectivity index (χ0) is 24.9. The molecule has 1 N–H and O–H groups in total. The van der Waals surface area contributed by atoms with Crippen molar-refractivity contribution in [3.05, 3.63) is 69.8 Å². The fraction of sp³-hybridized carbons (Fsp3) is 0.448. The number of benzene rings is 2. The molecule has 1 fully saturated rings. The molecule has 1 aliphatic heterocycles. The van der Waals surface area contributed by atoms with Crippen molar-refractivity contribution in [3.63, 3.8) is 0 Å². The molecule has 2 aromatic carbocycles. The van der Waals surface area contributed by atoms with Crippen LogP contribution in [0.5, 0.6) is 0 Å². The van der Waals surface area contributed by atoms with Crippen LogP contribution < -0.4 is 10.2 Å². The standard InChI is InChI=1S/C29H37ClN4O/c1-5-34(25-13-11-24(12-14-25)33(3)4)27-18-23(30)17-26(20(27)2)29(35)32-19-22-15-16-31-28(22)21-9-7-6-8-10-21/h6-10,16-18,24-25H,5,11-15,19H2,1-4H3,(H,32,35). The van der Waals surface area contributed by atoms with Gasteiger partial charge in [-0.25, -0.2) is 0 Å². The molecule has 1 amide bonds. The summed E-state index contributed by atoms with van der Waals surface area (Å²) in [6.45, 7) is 5.60. The van der Waals surface area contributed by atoms with Crippen LogP contribution in [0.4, 0.5) is 5.69 Å². The average Bonchev–Trinajstić information content (AvgIpc) is 3.34. The van der Waals surface area contributed by atoms with Crippen LogP contribution in [0.1, 0.15) is 60.5 Å². The number of hydrogen-bond donors (Lipinski definition) is 1. The van der Waals surface area contributed by atoms with Crippen molar-refractivity contribution in [1.82, 2.24) is 10.2 Å². The summed E-state index contributed by atoms with van der Waals surface area (Å²) in [5.74, 6) is -0.0922. The Morgan fingerprint density at radius 1 is 1.09 bits per heavy atom. The molecule has 0 atom stereocenters. The second kappa shape index (κ2) is 11.4. The lowest BCUT2D eigenvalue weighted by Crippen LogP contribution is -2.42. The summed E-state index contributed by atoms with van der Waals surface area (Å²) in [5.41, 5.74) is 5.87. The van der Waals surface area contributed by atoms with Gasteiger partial charge in [0.1, 0.15) is 0 Å². The van der Waals surface area contributed by atoms with Crippen molar-refractivity contribution in [2.75, 3.05) is 32.1 Å². The summed E-state index contributed by atoms with van der Waals surface area (Å²) in [4.78, 5) is 22.7. The van der Waals surface area contributed by atoms with E-state index in [4.69, 9.17) is 11.6 Å². The van der Waals surface area contributed by atoms with E-state index in [1.54, 1.807) is 6.07 Å². The Morgan fingerprint density at radius 3 is 2.43 bits per heavy atom. The summed E-state index contributed by atoms with van der Waals surface area (Å²) in [6.07, 6.45) is 7.37. The third kappa shape index (κ3) is 5.79. The number of halogens is 1. The number of carbonyl (C=O) groups excluding carboxylic acids is 1. The first-order valence-corrected chi connectivity index (χ1v) is 13.1. The summed E-state index contributed by atoms with van der Waals surface area (Å²) >= 11 is 6.56. The third-order valence-corrected chi connectivity index (χ3v) is 7.70. The monoisotopic (exact) mass is 492 g/mol. The largest absolute Gasteiger partial charge is 0.369 e. The second-order valence-corrected chi connectivity index (χ2v) is 10.3. The van der Waals surface area contributed by atoms with Crippen molar-refractivity contribution in [2.45, 2.75) is 58.0 Å². The van der Waals surface area contributed by atoms with Crippen molar-refractivity contribution < 1.29 is 4.79 Å². The van der Waals surface area contributed by atoms with Crippen LogP contribution in [0.2, 0.25) is 5.02 Å². The molecule has 0 unspecified atom stereocenters. The molecular weight excluding hydrogens is 456 g/mol. The maximum absolute atomic E-state index is 13.3. The number of rotatable bonds is 8. The lowest BCUT2D eigenvalue weighted by atomic mass is 9.89. The molecule has 6 heteroatoms. The molecule has 1 saturated carbocycles. The number of anilines is 1. The maximum Gasteiger partial charge on any atom is 0.251 e. The lowest BCUT2D eigenvalue weighted by Gasteiger charge is -2.40. The Kier molecular flexibility index (Phi) is 8.30. The molecule has 5 nitrogen and oxygen atoms in total. The van der Waals surface area contributed by atoms with Gasteiger partial charge in [-0.3, -0.25) is 9.79 Å². The Morgan fingerprint density at radius 2 is 1.77 bits per heavy atom. The molecule has 0 spiro atoms. The van der Waals surface area contributed by atoms with Gasteiger partial charge in [-0.1, -0.05) is 41.9 Å². The van der Waals surface area contributed by atoms with Gasteiger partial charge in [0.25, 0.3) is 5.91 Å². The first kappa shape index (κ1) is 25.5. The molecule has 2 aromatic rings. The molecule has 186 valence electrons. The molecule has 0 bridgehead atoms. The molecule has 2 aliphatic rings. The van der Waals surface area contributed by atoms with E-state index in [2.05, 4.69) is 53.3 Å². The van der Waals surface area contributed by atoms with Crippen LogP contribution in [0, 0.1) is 6.92 Å². The first-order valence-electron chi connectivity index (χ1n) is 12.7. The van der Waals surface area contributed by atoms with Crippen molar-refractivity contribution in [2.24, 2.45) is 4.99 Å². The van der Waals surface area contributed by atoms with Gasteiger partial charge in [0.2, 0.25) is 0 Å². The number of carbonyl (C=O) groups is 1. The third-order valence-electron chi connectivity index (χ3n) is 7.48. The minimum Gasteiger partial charge on any atom is -0.369 e. The fourth-order valence-corrected chi connectivity index (χ4v) is 5.67. The molecule has 35 heavy (non-hydrogen) atoms. The predicted molar refractivity (Wildman–Crippen MR) is 148 cm³/mol. The topological polar surface area (TPSA) is 47.9 Å². The van der Waals surface area contributed by atoms with Crippen LogP contribution >= 0.6 is 11.6 Å². The van der Waals surface area contributed by atoms with Crippen molar-refractivity contribution in [3.8, 4) is 0 Å². The summed E-state index contributed by atoms with van der Waals surface area (Å²) < 4.78 is 0. The Bertz CT molecular complexity index is 1100. The summed E-state index contributed by atoms with van der Waals surface area (Å²) in [7, 11) is 4.34. The van der Waals surface area contributed by atoms with Crippen LogP contribution in [-0.4, -0.2) is 56.3 Å². The quantitative estimate of drug-likeness (QED) is 0.494. The van der Waals surface area contributed by atoms with Gasteiger partial charge in [0, 0.05) is 59.6 Å². The SMILES string of the molecule is CCN(c1cc(Cl)cc(C(=O)NCC2=C(c3ccccc3)N=CC2)c1C)C1CCC(N(C)C)CC1. The summed E-state index contributed by atoms with van der Waals surface area (Å²) in [5, 5.41) is 3.73. The molecular formula is C29H37ClN4O. The maximum atomic E-state index is 13.3. The minimum atomic E-state index is -0.0922. The number of amides is 1. The zero-order valence-corrected chi connectivity index (χ0v) is 22.1. The highest BCUT2D eigenvalue weighted by molar-refractivity contribution is 6.31. The summed E-state index contributed by atoms with van der Waals surface area (Å²) in [6, 6.07) is 15.1. The molecule has 1 heterocycles. The second-order valence-electron chi connectivity index (χ2n) is 9.83. The van der Waals surface area contributed by atoms with E-state index in [0.29, 0.717) is 29.2 Å². The molecule has 1 aliphatic carbocycles. The Balaban J connectivity index is 1.51. The van der Waals surface area contributed by atoms with Gasteiger partial charge in [0.05, 0.1) is 5.70 Å². The molecule has 0 saturated heterocycles. The zero-order valence-electron chi connectivity index (χ0n) is 21.4. The highest BCUT2D eigenvalue weighted by Crippen LogP contribution is 2.34. The average molecular weight is 493 g/mol. The van der Waals surface area contributed by atoms with E-state index in [9.17, 15) is 4.79 Å². The lowest BCUT2D eigenvalue weighted by molar-refractivity contribution is 0.0956. The predicted octanol–water partition coefficient (Wildman–Crippen LogP) is 5.96. The van der Waals surface area contributed by atoms with Crippen LogP contribution in [0.25, 0.3) is 5.70 Å². The molecule has 0 radical (unpaired) electrons. The molecule has 4 rings (SSSR count). The molecule has 0 aromatic heterocycles. The van der Waals surface area contributed by atoms with E-state index in [1.807, 2.05) is 37.4 Å². The number of aliphatic imine (C=N–C) groups is 1.